The number of rotatable bonds is 5. The Balaban J connectivity index is 1.20. The monoisotopic (exact) mass is 535 g/mol. The molecule has 2 aliphatic rings. The molecule has 3 aromatic heterocycles. The van der Waals surface area contributed by atoms with E-state index in [2.05, 4.69) is 33.2 Å². The highest BCUT2D eigenvalue weighted by Crippen LogP contribution is 2.32. The summed E-state index contributed by atoms with van der Waals surface area (Å²) < 4.78 is 11.1. The molecule has 0 aliphatic carbocycles. The summed E-state index contributed by atoms with van der Waals surface area (Å²) in [6.45, 7) is 6.96. The number of carbonyl (C=O) groups is 1. The number of benzene rings is 1. The van der Waals surface area contributed by atoms with Gasteiger partial charge in [-0.05, 0) is 61.4 Å². The number of pyridine rings is 2. The summed E-state index contributed by atoms with van der Waals surface area (Å²) in [5.41, 5.74) is 4.40. The third-order valence-electron chi connectivity index (χ3n) is 7.45. The number of morpholine rings is 1. The Kier molecular flexibility index (Phi) is 6.84. The van der Waals surface area contributed by atoms with Crippen molar-refractivity contribution in [1.82, 2.24) is 25.3 Å². The lowest BCUT2D eigenvalue weighted by atomic mass is 9.79. The van der Waals surface area contributed by atoms with Gasteiger partial charge in [-0.15, -0.1) is 0 Å². The van der Waals surface area contributed by atoms with Crippen LogP contribution in [0.1, 0.15) is 41.0 Å². The Bertz CT molecular complexity index is 1640. The maximum Gasteiger partial charge on any atom is 0.251 e. The Morgan fingerprint density at radius 1 is 1.15 bits per heavy atom. The molecule has 40 heavy (non-hydrogen) atoms. The first kappa shape index (κ1) is 25.8. The zero-order chi connectivity index (χ0) is 27.7. The van der Waals surface area contributed by atoms with Gasteiger partial charge in [-0.2, -0.15) is 5.26 Å². The van der Waals surface area contributed by atoms with Gasteiger partial charge in [-0.25, -0.2) is 15.0 Å². The number of aromatic nitrogens is 4. The van der Waals surface area contributed by atoms with E-state index in [-0.39, 0.29) is 18.5 Å². The summed E-state index contributed by atoms with van der Waals surface area (Å²) in [5.74, 6) is 0.433. The van der Waals surface area contributed by atoms with Crippen molar-refractivity contribution in [3.05, 3.63) is 77.2 Å². The maximum absolute atomic E-state index is 13.0. The number of hydrogen-bond donors (Lipinski definition) is 1. The highest BCUT2D eigenvalue weighted by Gasteiger charge is 2.33. The average molecular weight is 536 g/mol. The first-order valence-electron chi connectivity index (χ1n) is 13.3. The summed E-state index contributed by atoms with van der Waals surface area (Å²) in [7, 11) is 0. The Morgan fingerprint density at radius 2 is 2.02 bits per heavy atom. The molecule has 6 rings (SSSR count). The molecule has 0 spiro atoms. The second-order valence-corrected chi connectivity index (χ2v) is 10.4. The predicted molar refractivity (Wildman–Crippen MR) is 148 cm³/mol. The molecule has 202 valence electrons. The van der Waals surface area contributed by atoms with E-state index in [9.17, 15) is 10.1 Å². The molecular formula is C30H29N7O3. The van der Waals surface area contributed by atoms with Gasteiger partial charge < -0.3 is 19.7 Å². The lowest BCUT2D eigenvalue weighted by Crippen LogP contribution is -2.44. The summed E-state index contributed by atoms with van der Waals surface area (Å²) >= 11 is 0. The minimum absolute atomic E-state index is 0.198. The number of anilines is 1. The van der Waals surface area contributed by atoms with Crippen LogP contribution in [-0.2, 0) is 28.0 Å². The number of nitriles is 1. The Hall–Kier alpha value is -4.46. The third-order valence-corrected chi connectivity index (χ3v) is 7.45. The van der Waals surface area contributed by atoms with Crippen LogP contribution in [0.15, 0.2) is 54.9 Å². The number of nitrogens with one attached hydrogen (secondary N) is 1. The number of nitrogens with zero attached hydrogens (tertiary/aromatic N) is 6. The standard InChI is InChI=1S/C30H29N7O3/c1-19-15-39-10-9-37(19)29-32-8-7-26(36-29)25-6-5-21-13-33-23(12-27(21)35-25)14-34-28(38)20-3-4-22-16-40-18-30(2,17-31)24(22)11-20/h3-8,11-13,19H,9-10,14-16,18H2,1-2H3,(H,34,38)/t19-,30-/m1/s1. The van der Waals surface area contributed by atoms with Crippen LogP contribution in [0.5, 0.6) is 0 Å². The average Bonchev–Trinajstić information content (AvgIpc) is 3.00. The number of ether oxygens (including phenoxy) is 2. The fourth-order valence-corrected chi connectivity index (χ4v) is 5.12. The molecule has 0 saturated carbocycles. The molecule has 1 N–H and O–H groups in total. The van der Waals surface area contributed by atoms with Gasteiger partial charge in [0.05, 0.1) is 67.7 Å². The Morgan fingerprint density at radius 3 is 2.88 bits per heavy atom. The second-order valence-electron chi connectivity index (χ2n) is 10.4. The smallest absolute Gasteiger partial charge is 0.251 e. The molecule has 1 amide bonds. The minimum Gasteiger partial charge on any atom is -0.377 e. The molecule has 10 heteroatoms. The van der Waals surface area contributed by atoms with Crippen molar-refractivity contribution in [2.24, 2.45) is 0 Å². The molecule has 1 fully saturated rings. The van der Waals surface area contributed by atoms with Crippen molar-refractivity contribution in [2.75, 3.05) is 31.3 Å². The maximum atomic E-state index is 13.0. The van der Waals surface area contributed by atoms with E-state index in [0.717, 1.165) is 40.0 Å². The molecule has 5 heterocycles. The minimum atomic E-state index is -0.780. The third kappa shape index (κ3) is 4.97. The molecule has 0 bridgehead atoms. The lowest BCUT2D eigenvalue weighted by molar-refractivity contribution is 0.0757. The van der Waals surface area contributed by atoms with Gasteiger partial charge in [0.2, 0.25) is 5.95 Å². The van der Waals surface area contributed by atoms with Crippen LogP contribution in [-0.4, -0.2) is 58.3 Å². The highest BCUT2D eigenvalue weighted by atomic mass is 16.5. The summed E-state index contributed by atoms with van der Waals surface area (Å²) in [6, 6.07) is 15.6. The SMILES string of the molecule is C[C@@H]1COCCN1c1nccc(-c2ccc3cnc(CNC(=O)c4ccc5c(c4)[C@](C)(C#N)COC5)cc3n2)n1. The van der Waals surface area contributed by atoms with E-state index < -0.39 is 5.41 Å². The van der Waals surface area contributed by atoms with Gasteiger partial charge in [-0.1, -0.05) is 6.07 Å². The second kappa shape index (κ2) is 10.6. The van der Waals surface area contributed by atoms with E-state index in [4.69, 9.17) is 19.4 Å². The van der Waals surface area contributed by atoms with Crippen molar-refractivity contribution >= 4 is 22.8 Å². The van der Waals surface area contributed by atoms with E-state index in [1.165, 1.54) is 0 Å². The molecule has 1 aromatic carbocycles. The van der Waals surface area contributed by atoms with Gasteiger partial charge in [0.15, 0.2) is 0 Å². The number of hydrogen-bond acceptors (Lipinski definition) is 9. The predicted octanol–water partition coefficient (Wildman–Crippen LogP) is 3.55. The van der Waals surface area contributed by atoms with Crippen molar-refractivity contribution < 1.29 is 14.3 Å². The molecule has 2 atom stereocenters. The molecule has 10 nitrogen and oxygen atoms in total. The number of amides is 1. The summed E-state index contributed by atoms with van der Waals surface area (Å²) in [5, 5.41) is 13.5. The summed E-state index contributed by atoms with van der Waals surface area (Å²) in [6.07, 6.45) is 3.51. The first-order chi connectivity index (χ1) is 19.4. The molecule has 0 unspecified atom stereocenters. The van der Waals surface area contributed by atoms with Gasteiger partial charge in [0, 0.05) is 29.9 Å². The lowest BCUT2D eigenvalue weighted by Gasteiger charge is -2.33. The van der Waals surface area contributed by atoms with Crippen LogP contribution in [0.2, 0.25) is 0 Å². The summed E-state index contributed by atoms with van der Waals surface area (Å²) in [4.78, 5) is 33.8. The van der Waals surface area contributed by atoms with Gasteiger partial charge in [-0.3, -0.25) is 9.78 Å². The van der Waals surface area contributed by atoms with Crippen molar-refractivity contribution in [3.8, 4) is 17.5 Å². The molecule has 0 radical (unpaired) electrons. The van der Waals surface area contributed by atoms with Gasteiger partial charge in [0.25, 0.3) is 5.91 Å². The van der Waals surface area contributed by atoms with E-state index in [1.54, 1.807) is 24.5 Å². The van der Waals surface area contributed by atoms with Gasteiger partial charge in [0.1, 0.15) is 5.41 Å². The van der Waals surface area contributed by atoms with Crippen molar-refractivity contribution in [1.29, 1.82) is 5.26 Å². The highest BCUT2D eigenvalue weighted by molar-refractivity contribution is 5.94. The van der Waals surface area contributed by atoms with E-state index >= 15 is 0 Å². The molecule has 1 saturated heterocycles. The fourth-order valence-electron chi connectivity index (χ4n) is 5.12. The van der Waals surface area contributed by atoms with Crippen LogP contribution in [0.25, 0.3) is 22.3 Å². The largest absolute Gasteiger partial charge is 0.377 e. The molecule has 4 aromatic rings. The fraction of sp³-hybridized carbons (Fsp3) is 0.333. The zero-order valence-electron chi connectivity index (χ0n) is 22.4. The van der Waals surface area contributed by atoms with Crippen LogP contribution >= 0.6 is 0 Å². The Labute approximate surface area is 232 Å². The first-order valence-corrected chi connectivity index (χ1v) is 13.3. The normalized spacial score (nSPS) is 20.5. The topological polar surface area (TPSA) is 126 Å². The number of fused-ring (bicyclic) bond motifs is 2. The molecule has 2 aliphatic heterocycles. The van der Waals surface area contributed by atoms with E-state index in [0.29, 0.717) is 43.6 Å². The van der Waals surface area contributed by atoms with E-state index in [1.807, 2.05) is 37.3 Å². The zero-order valence-corrected chi connectivity index (χ0v) is 22.4. The van der Waals surface area contributed by atoms with Crippen molar-refractivity contribution in [2.45, 2.75) is 38.5 Å². The van der Waals surface area contributed by atoms with Crippen LogP contribution in [0.3, 0.4) is 0 Å². The quantitative estimate of drug-likeness (QED) is 0.408. The van der Waals surface area contributed by atoms with Crippen LogP contribution in [0, 0.1) is 11.3 Å². The van der Waals surface area contributed by atoms with Gasteiger partial charge >= 0.3 is 0 Å². The number of carbonyl (C=O) groups excluding carboxylic acids is 1. The van der Waals surface area contributed by atoms with Crippen LogP contribution < -0.4 is 10.2 Å². The van der Waals surface area contributed by atoms with Crippen LogP contribution in [0.4, 0.5) is 5.95 Å². The molecular weight excluding hydrogens is 506 g/mol. The van der Waals surface area contributed by atoms with Crippen molar-refractivity contribution in [3.63, 3.8) is 0 Å².